The van der Waals surface area contributed by atoms with Gasteiger partial charge in [-0.3, -0.25) is 0 Å². The van der Waals surface area contributed by atoms with Crippen LogP contribution in [0.15, 0.2) is 35.1 Å². The molecule has 0 aliphatic carbocycles. The summed E-state index contributed by atoms with van der Waals surface area (Å²) in [6.07, 6.45) is 5.08. The van der Waals surface area contributed by atoms with E-state index in [1.165, 1.54) is 12.8 Å². The number of hydrogen-bond donors (Lipinski definition) is 1. The van der Waals surface area contributed by atoms with Gasteiger partial charge in [-0.05, 0) is 59.8 Å². The highest BCUT2D eigenvalue weighted by atomic mass is 79.9. The molecule has 0 spiro atoms. The van der Waals surface area contributed by atoms with Crippen molar-refractivity contribution in [3.63, 3.8) is 0 Å². The highest BCUT2D eigenvalue weighted by Crippen LogP contribution is 2.23. The van der Waals surface area contributed by atoms with Crippen molar-refractivity contribution in [3.05, 3.63) is 46.5 Å². The van der Waals surface area contributed by atoms with Crippen molar-refractivity contribution < 1.29 is 9.53 Å². The fourth-order valence-electron chi connectivity index (χ4n) is 3.30. The topological polar surface area (TPSA) is 84.0 Å². The fourth-order valence-corrected chi connectivity index (χ4v) is 3.63. The van der Waals surface area contributed by atoms with E-state index in [1.54, 1.807) is 25.4 Å². The van der Waals surface area contributed by atoms with Crippen LogP contribution in [-0.4, -0.2) is 39.0 Å². The van der Waals surface area contributed by atoms with E-state index in [0.717, 1.165) is 34.8 Å². The molecule has 8 heteroatoms. The van der Waals surface area contributed by atoms with Gasteiger partial charge in [-0.15, -0.1) is 0 Å². The zero-order chi connectivity index (χ0) is 19.7. The van der Waals surface area contributed by atoms with Crippen LogP contribution in [0.4, 0.5) is 5.82 Å². The molecule has 4 rings (SSSR count). The monoisotopic (exact) mass is 443 g/mol. The molecular formula is C20H22BrN5O2. The molecule has 7 nitrogen and oxygen atoms in total. The Morgan fingerprint density at radius 3 is 2.79 bits per heavy atom. The van der Waals surface area contributed by atoms with E-state index in [4.69, 9.17) is 4.74 Å². The summed E-state index contributed by atoms with van der Waals surface area (Å²) < 4.78 is 6.41. The molecule has 3 aromatic rings. The number of rotatable bonds is 4. The van der Waals surface area contributed by atoms with Gasteiger partial charge in [0.2, 0.25) is 0 Å². The average molecular weight is 444 g/mol. The van der Waals surface area contributed by atoms with Crippen LogP contribution in [0.5, 0.6) is 0 Å². The second-order valence-corrected chi connectivity index (χ2v) is 8.18. The number of nitrogens with zero attached hydrogens (tertiary/aromatic N) is 4. The first-order valence-corrected chi connectivity index (χ1v) is 10.2. The van der Waals surface area contributed by atoms with Gasteiger partial charge in [0, 0.05) is 30.0 Å². The van der Waals surface area contributed by atoms with Crippen LogP contribution in [0.25, 0.3) is 11.2 Å². The minimum Gasteiger partial charge on any atom is -0.451 e. The van der Waals surface area contributed by atoms with Gasteiger partial charge < -0.3 is 14.6 Å². The SMILES string of the molecule is CC1CCN(c2ccc(C(=O)OC(C)c3nc4ncc(Br)cc4[nH]3)cn2)CC1. The number of piperidine rings is 1. The maximum atomic E-state index is 12.5. The normalized spacial score (nSPS) is 16.3. The maximum Gasteiger partial charge on any atom is 0.340 e. The molecule has 1 aliphatic heterocycles. The second-order valence-electron chi connectivity index (χ2n) is 7.27. The van der Waals surface area contributed by atoms with Crippen molar-refractivity contribution in [1.82, 2.24) is 19.9 Å². The van der Waals surface area contributed by atoms with Crippen molar-refractivity contribution in [2.24, 2.45) is 5.92 Å². The van der Waals surface area contributed by atoms with Gasteiger partial charge in [0.1, 0.15) is 11.6 Å². The van der Waals surface area contributed by atoms with E-state index in [0.29, 0.717) is 17.0 Å². The van der Waals surface area contributed by atoms with Crippen LogP contribution < -0.4 is 4.90 Å². The lowest BCUT2D eigenvalue weighted by Crippen LogP contribution is -2.33. The molecule has 0 aromatic carbocycles. The van der Waals surface area contributed by atoms with Gasteiger partial charge in [-0.2, -0.15) is 0 Å². The number of aromatic nitrogens is 4. The molecule has 1 atom stereocenters. The molecule has 1 saturated heterocycles. The molecule has 4 heterocycles. The lowest BCUT2D eigenvalue weighted by Gasteiger charge is -2.31. The lowest BCUT2D eigenvalue weighted by atomic mass is 9.99. The van der Waals surface area contributed by atoms with Crippen molar-refractivity contribution in [3.8, 4) is 0 Å². The van der Waals surface area contributed by atoms with E-state index in [9.17, 15) is 4.79 Å². The van der Waals surface area contributed by atoms with E-state index in [-0.39, 0.29) is 0 Å². The van der Waals surface area contributed by atoms with Crippen molar-refractivity contribution in [2.45, 2.75) is 32.8 Å². The largest absolute Gasteiger partial charge is 0.451 e. The third-order valence-corrected chi connectivity index (χ3v) is 5.52. The van der Waals surface area contributed by atoms with Gasteiger partial charge in [0.15, 0.2) is 11.8 Å². The number of nitrogens with one attached hydrogen (secondary N) is 1. The van der Waals surface area contributed by atoms with Gasteiger partial charge in [0.05, 0.1) is 11.1 Å². The minimum atomic E-state index is -0.524. The number of H-pyrrole nitrogens is 1. The maximum absolute atomic E-state index is 12.5. The Bertz CT molecular complexity index is 980. The summed E-state index contributed by atoms with van der Waals surface area (Å²) in [6, 6.07) is 5.55. The predicted molar refractivity (Wildman–Crippen MR) is 110 cm³/mol. The number of esters is 1. The Labute approximate surface area is 171 Å². The average Bonchev–Trinajstić information content (AvgIpc) is 3.12. The number of carbonyl (C=O) groups excluding carboxylic acids is 1. The number of anilines is 1. The quantitative estimate of drug-likeness (QED) is 0.606. The third kappa shape index (κ3) is 4.01. The molecule has 28 heavy (non-hydrogen) atoms. The summed E-state index contributed by atoms with van der Waals surface area (Å²) in [7, 11) is 0. The molecule has 0 saturated carbocycles. The first kappa shape index (κ1) is 18.9. The standard InChI is InChI=1S/C20H22BrN5O2/c1-12-5-7-26(8-6-12)17-4-3-14(10-22-17)20(27)28-13(2)18-24-16-9-15(21)11-23-19(16)25-18/h3-4,9-13H,5-8H2,1-2H3,(H,23,24,25). The van der Waals surface area contributed by atoms with Crippen molar-refractivity contribution in [1.29, 1.82) is 0 Å². The third-order valence-electron chi connectivity index (χ3n) is 5.08. The van der Waals surface area contributed by atoms with Crippen LogP contribution in [0.3, 0.4) is 0 Å². The summed E-state index contributed by atoms with van der Waals surface area (Å²) in [5, 5.41) is 0. The molecule has 0 radical (unpaired) electrons. The molecule has 3 aromatic heterocycles. The van der Waals surface area contributed by atoms with Gasteiger partial charge in [-0.1, -0.05) is 6.92 Å². The zero-order valence-corrected chi connectivity index (χ0v) is 17.4. The molecule has 1 fully saturated rings. The summed E-state index contributed by atoms with van der Waals surface area (Å²) >= 11 is 3.38. The van der Waals surface area contributed by atoms with Crippen molar-refractivity contribution in [2.75, 3.05) is 18.0 Å². The van der Waals surface area contributed by atoms with Crippen LogP contribution in [0.1, 0.15) is 49.0 Å². The van der Waals surface area contributed by atoms with E-state index in [1.807, 2.05) is 12.1 Å². The van der Waals surface area contributed by atoms with E-state index in [2.05, 4.69) is 47.7 Å². The highest BCUT2D eigenvalue weighted by molar-refractivity contribution is 9.10. The van der Waals surface area contributed by atoms with Crippen LogP contribution >= 0.6 is 15.9 Å². The minimum absolute atomic E-state index is 0.423. The number of pyridine rings is 2. The number of halogens is 1. The number of imidazole rings is 1. The Kier molecular flexibility index (Phi) is 5.30. The summed E-state index contributed by atoms with van der Waals surface area (Å²) in [4.78, 5) is 31.0. The van der Waals surface area contributed by atoms with Gasteiger partial charge in [-0.25, -0.2) is 19.7 Å². The first-order chi connectivity index (χ1) is 13.5. The molecule has 1 N–H and O–H groups in total. The number of carbonyl (C=O) groups is 1. The Hall–Kier alpha value is -2.48. The number of ether oxygens (including phenoxy) is 1. The lowest BCUT2D eigenvalue weighted by molar-refractivity contribution is 0.0321. The van der Waals surface area contributed by atoms with Crippen LogP contribution in [0, 0.1) is 5.92 Å². The van der Waals surface area contributed by atoms with Gasteiger partial charge >= 0.3 is 5.97 Å². The smallest absolute Gasteiger partial charge is 0.340 e. The Morgan fingerprint density at radius 1 is 1.29 bits per heavy atom. The number of hydrogen-bond acceptors (Lipinski definition) is 6. The molecular weight excluding hydrogens is 422 g/mol. The zero-order valence-electron chi connectivity index (χ0n) is 15.9. The summed E-state index contributed by atoms with van der Waals surface area (Å²) in [6.45, 7) is 6.07. The Morgan fingerprint density at radius 2 is 2.07 bits per heavy atom. The first-order valence-electron chi connectivity index (χ1n) is 9.43. The van der Waals surface area contributed by atoms with E-state index >= 15 is 0 Å². The molecule has 146 valence electrons. The molecule has 1 unspecified atom stereocenters. The molecule has 1 aliphatic rings. The molecule has 0 amide bonds. The Balaban J connectivity index is 1.42. The number of fused-ring (bicyclic) bond motifs is 1. The summed E-state index contributed by atoms with van der Waals surface area (Å²) in [5.41, 5.74) is 1.80. The molecule has 0 bridgehead atoms. The second kappa shape index (κ2) is 7.87. The van der Waals surface area contributed by atoms with Crippen LogP contribution in [0.2, 0.25) is 0 Å². The summed E-state index contributed by atoms with van der Waals surface area (Å²) in [5.74, 6) is 1.81. The van der Waals surface area contributed by atoms with Crippen LogP contribution in [-0.2, 0) is 4.74 Å². The van der Waals surface area contributed by atoms with Crippen molar-refractivity contribution >= 4 is 38.9 Å². The van der Waals surface area contributed by atoms with Gasteiger partial charge in [0.25, 0.3) is 0 Å². The highest BCUT2D eigenvalue weighted by Gasteiger charge is 2.20. The fraction of sp³-hybridized carbons (Fsp3) is 0.400. The van der Waals surface area contributed by atoms with E-state index < -0.39 is 12.1 Å². The number of aromatic amines is 1. The predicted octanol–water partition coefficient (Wildman–Crippen LogP) is 4.27.